The summed E-state index contributed by atoms with van der Waals surface area (Å²) in [7, 11) is 3.67. The van der Waals surface area contributed by atoms with Gasteiger partial charge in [0.1, 0.15) is 6.61 Å². The molecule has 1 saturated carbocycles. The maximum absolute atomic E-state index is 13.4. The summed E-state index contributed by atoms with van der Waals surface area (Å²) in [5.41, 5.74) is 3.28. The number of hydrogen-bond acceptors (Lipinski definition) is 7. The van der Waals surface area contributed by atoms with Gasteiger partial charge in [0.25, 0.3) is 0 Å². The zero-order valence-corrected chi connectivity index (χ0v) is 23.1. The van der Waals surface area contributed by atoms with Crippen LogP contribution in [0.4, 0.5) is 10.9 Å². The average Bonchev–Trinajstić information content (AvgIpc) is 3.60. The molecule has 2 aromatic heterocycles. The molecule has 1 aliphatic heterocycles. The van der Waals surface area contributed by atoms with E-state index in [1.807, 2.05) is 42.9 Å². The minimum absolute atomic E-state index is 0.168. The summed E-state index contributed by atoms with van der Waals surface area (Å²) in [5.74, 6) is 0.230. The smallest absolute Gasteiger partial charge is 0.304 e. The van der Waals surface area contributed by atoms with Gasteiger partial charge in [-0.2, -0.15) is 0 Å². The lowest BCUT2D eigenvalue weighted by Gasteiger charge is -2.26. The first-order chi connectivity index (χ1) is 18.3. The number of anilines is 2. The molecule has 0 bridgehead atoms. The van der Waals surface area contributed by atoms with Crippen LogP contribution in [0.3, 0.4) is 0 Å². The molecule has 1 aromatic carbocycles. The maximum atomic E-state index is 13.4. The minimum Gasteiger partial charge on any atom is -0.488 e. The van der Waals surface area contributed by atoms with Gasteiger partial charge in [0.2, 0.25) is 5.91 Å². The fraction of sp³-hybridized carbons (Fsp3) is 0.429. The quantitative estimate of drug-likeness (QED) is 0.365. The Morgan fingerprint density at radius 2 is 2.05 bits per heavy atom. The van der Waals surface area contributed by atoms with Crippen LogP contribution in [0, 0.1) is 11.8 Å². The molecule has 1 atom stereocenters. The van der Waals surface area contributed by atoms with E-state index in [9.17, 15) is 14.7 Å². The topological polar surface area (TPSA) is 95.9 Å². The third-order valence-electron chi connectivity index (χ3n) is 7.42. The highest BCUT2D eigenvalue weighted by Gasteiger charge is 2.31. The highest BCUT2D eigenvalue weighted by molar-refractivity contribution is 7.14. The van der Waals surface area contributed by atoms with Crippen molar-refractivity contribution in [2.24, 2.45) is 11.8 Å². The Morgan fingerprint density at radius 1 is 1.26 bits per heavy atom. The number of thiazole rings is 1. The molecular weight excluding hydrogens is 524 g/mol. The number of amides is 1. The molecule has 38 heavy (non-hydrogen) atoms. The molecule has 200 valence electrons. The Balaban J connectivity index is 1.42. The molecule has 0 radical (unpaired) electrons. The number of carboxylic acid groups (broad SMARTS) is 1. The molecule has 3 aromatic rings. The van der Waals surface area contributed by atoms with Crippen molar-refractivity contribution in [2.45, 2.75) is 38.5 Å². The molecule has 0 saturated heterocycles. The summed E-state index contributed by atoms with van der Waals surface area (Å²) >= 11 is 7.74. The van der Waals surface area contributed by atoms with Crippen LogP contribution in [0.5, 0.6) is 5.75 Å². The van der Waals surface area contributed by atoms with Gasteiger partial charge in [-0.1, -0.05) is 43.4 Å². The summed E-state index contributed by atoms with van der Waals surface area (Å²) < 4.78 is 5.85. The second kappa shape index (κ2) is 11.3. The second-order valence-electron chi connectivity index (χ2n) is 10.1. The number of fused-ring (bicyclic) bond motifs is 1. The number of ether oxygens (including phenoxy) is 1. The molecule has 3 heterocycles. The van der Waals surface area contributed by atoms with Crippen molar-refractivity contribution >= 4 is 45.8 Å². The number of carbonyl (C=O) groups is 2. The van der Waals surface area contributed by atoms with E-state index < -0.39 is 11.9 Å². The number of carboxylic acids is 1. The van der Waals surface area contributed by atoms with Crippen molar-refractivity contribution in [3.8, 4) is 28.1 Å². The number of carbonyl (C=O) groups excluding carboxylic acids is 1. The maximum Gasteiger partial charge on any atom is 0.304 e. The molecule has 8 nitrogen and oxygen atoms in total. The number of hydrogen-bond donors (Lipinski definition) is 1. The van der Waals surface area contributed by atoms with Crippen molar-refractivity contribution in [1.29, 1.82) is 0 Å². The largest absolute Gasteiger partial charge is 0.488 e. The van der Waals surface area contributed by atoms with Gasteiger partial charge >= 0.3 is 5.97 Å². The molecule has 0 unspecified atom stereocenters. The summed E-state index contributed by atoms with van der Waals surface area (Å²) in [4.78, 5) is 37.9. The van der Waals surface area contributed by atoms with E-state index in [1.165, 1.54) is 16.2 Å². The van der Waals surface area contributed by atoms with Gasteiger partial charge in [0.15, 0.2) is 16.7 Å². The van der Waals surface area contributed by atoms with E-state index in [0.717, 1.165) is 60.5 Å². The van der Waals surface area contributed by atoms with Crippen LogP contribution in [0.25, 0.3) is 22.4 Å². The number of nitrogens with zero attached hydrogens (tertiary/aromatic N) is 4. The lowest BCUT2D eigenvalue weighted by molar-refractivity contribution is -0.140. The average molecular weight is 555 g/mol. The van der Waals surface area contributed by atoms with Crippen LogP contribution in [-0.4, -0.2) is 54.2 Å². The molecule has 2 aliphatic rings. The van der Waals surface area contributed by atoms with Crippen LogP contribution in [0.15, 0.2) is 35.8 Å². The number of aromatic nitrogens is 2. The molecular formula is C28H31ClN4O4S. The fourth-order valence-electron chi connectivity index (χ4n) is 5.40. The van der Waals surface area contributed by atoms with Crippen LogP contribution >= 0.6 is 22.9 Å². The predicted octanol–water partition coefficient (Wildman–Crippen LogP) is 5.99. The van der Waals surface area contributed by atoms with E-state index in [0.29, 0.717) is 34.8 Å². The van der Waals surface area contributed by atoms with E-state index >= 15 is 0 Å². The number of benzene rings is 1. The third-order valence-corrected chi connectivity index (χ3v) is 8.57. The molecule has 5 rings (SSSR count). The van der Waals surface area contributed by atoms with Gasteiger partial charge < -0.3 is 14.7 Å². The van der Waals surface area contributed by atoms with Crippen LogP contribution in [0.2, 0.25) is 5.02 Å². The number of rotatable bonds is 8. The monoisotopic (exact) mass is 554 g/mol. The first-order valence-electron chi connectivity index (χ1n) is 12.9. The van der Waals surface area contributed by atoms with E-state index in [2.05, 4.69) is 9.88 Å². The first-order valence-corrected chi connectivity index (χ1v) is 14.1. The van der Waals surface area contributed by atoms with Crippen molar-refractivity contribution in [3.05, 3.63) is 40.9 Å². The second-order valence-corrected chi connectivity index (χ2v) is 11.4. The van der Waals surface area contributed by atoms with Crippen LogP contribution in [-0.2, 0) is 9.59 Å². The fourth-order valence-corrected chi connectivity index (χ4v) is 6.36. The van der Waals surface area contributed by atoms with Crippen molar-refractivity contribution in [1.82, 2.24) is 9.97 Å². The Hall–Kier alpha value is -3.17. The van der Waals surface area contributed by atoms with Crippen molar-refractivity contribution in [2.75, 3.05) is 37.0 Å². The Bertz CT molecular complexity index is 1340. The number of halogens is 1. The molecule has 10 heteroatoms. The van der Waals surface area contributed by atoms with Crippen LogP contribution < -0.4 is 14.5 Å². The summed E-state index contributed by atoms with van der Waals surface area (Å²) in [6.07, 6.45) is 6.67. The molecule has 1 N–H and O–H groups in total. The van der Waals surface area contributed by atoms with Crippen LogP contribution in [0.1, 0.15) is 38.5 Å². The van der Waals surface area contributed by atoms with Gasteiger partial charge in [-0.05, 0) is 36.1 Å². The molecule has 1 fully saturated rings. The zero-order chi connectivity index (χ0) is 26.8. The summed E-state index contributed by atoms with van der Waals surface area (Å²) in [6, 6.07) is 7.60. The summed E-state index contributed by atoms with van der Waals surface area (Å²) in [6.45, 7) is 1.38. The highest BCUT2D eigenvalue weighted by atomic mass is 35.5. The molecule has 1 aliphatic carbocycles. The number of likely N-dealkylation sites (N-methyl/N-ethyl adjacent to an activating group) is 1. The Labute approximate surface area is 231 Å². The van der Waals surface area contributed by atoms with E-state index in [-0.39, 0.29) is 12.3 Å². The highest BCUT2D eigenvalue weighted by Crippen LogP contribution is 2.40. The Morgan fingerprint density at radius 3 is 2.82 bits per heavy atom. The van der Waals surface area contributed by atoms with Gasteiger partial charge in [-0.25, -0.2) is 9.97 Å². The standard InChI is InChI=1S/C28H31ClN4O4S/c1-32-9-10-37-24-12-19(15-30-26(24)32)21-8-7-20(29)14-22(21)23-16-38-28(31-23)33(2)27(36)18(13-25(34)35)11-17-5-3-4-6-17/h7-8,12,14-18H,3-6,9-11,13H2,1-2H3,(H,34,35)/t18-/m1/s1. The molecule has 1 amide bonds. The predicted molar refractivity (Wildman–Crippen MR) is 150 cm³/mol. The van der Waals surface area contributed by atoms with Gasteiger partial charge in [-0.3, -0.25) is 14.5 Å². The van der Waals surface area contributed by atoms with E-state index in [1.54, 1.807) is 7.05 Å². The van der Waals surface area contributed by atoms with Gasteiger partial charge in [0.05, 0.1) is 18.7 Å². The van der Waals surface area contributed by atoms with Crippen molar-refractivity contribution < 1.29 is 19.4 Å². The lowest BCUT2D eigenvalue weighted by atomic mass is 9.90. The SMILES string of the molecule is CN1CCOc2cc(-c3ccc(Cl)cc3-c3csc(N(C)C(=O)[C@@H](CC(=O)O)CC4CCCC4)n3)cnc21. The minimum atomic E-state index is -0.952. The number of aliphatic carboxylic acids is 1. The third kappa shape index (κ3) is 5.63. The Kier molecular flexibility index (Phi) is 7.85. The first kappa shape index (κ1) is 26.4. The lowest BCUT2D eigenvalue weighted by Crippen LogP contribution is -2.35. The van der Waals surface area contributed by atoms with Crippen molar-refractivity contribution in [3.63, 3.8) is 0 Å². The normalized spacial score (nSPS) is 16.1. The van der Waals surface area contributed by atoms with E-state index in [4.69, 9.17) is 21.3 Å². The zero-order valence-electron chi connectivity index (χ0n) is 21.5. The summed E-state index contributed by atoms with van der Waals surface area (Å²) in [5, 5.41) is 12.4. The van der Waals surface area contributed by atoms with Gasteiger partial charge in [0, 0.05) is 47.7 Å². The molecule has 0 spiro atoms. The van der Waals surface area contributed by atoms with Gasteiger partial charge in [-0.15, -0.1) is 11.3 Å². The number of pyridine rings is 1.